The van der Waals surface area contributed by atoms with Crippen molar-refractivity contribution < 1.29 is 12.8 Å². The maximum Gasteiger partial charge on any atom is 0.220 e. The standard InChI is InChI=1S/C27H26N/c1-19-11-8-9-14-24(19)27-25(15-10-16-28(27)4)26-20(2)17-23(18-21(26)3)22-12-6-5-7-13-22/h5-18H,1-4H3/q+1/i2D3,3D3. The van der Waals surface area contributed by atoms with Crippen LogP contribution >= 0.6 is 0 Å². The van der Waals surface area contributed by atoms with E-state index in [0.717, 1.165) is 22.4 Å². The third-order valence-corrected chi connectivity index (χ3v) is 5.10. The summed E-state index contributed by atoms with van der Waals surface area (Å²) in [6.45, 7) is -3.05. The lowest BCUT2D eigenvalue weighted by atomic mass is 9.88. The molecule has 0 aliphatic carbocycles. The fraction of sp³-hybridized carbons (Fsp3) is 0.148. The Hall–Kier alpha value is -3.19. The highest BCUT2D eigenvalue weighted by molar-refractivity contribution is 5.85. The second-order valence-electron chi connectivity index (χ2n) is 7.01. The van der Waals surface area contributed by atoms with Gasteiger partial charge in [-0.2, -0.15) is 0 Å². The van der Waals surface area contributed by atoms with E-state index < -0.39 is 13.7 Å². The zero-order valence-corrected chi connectivity index (χ0v) is 16.0. The smallest absolute Gasteiger partial charge is 0.200 e. The molecular formula is C27H26N+. The van der Waals surface area contributed by atoms with Crippen LogP contribution in [0.3, 0.4) is 0 Å². The summed E-state index contributed by atoms with van der Waals surface area (Å²) >= 11 is 0. The molecule has 0 saturated carbocycles. The van der Waals surface area contributed by atoms with Crippen LogP contribution in [0.5, 0.6) is 0 Å². The molecule has 0 atom stereocenters. The Balaban J connectivity index is 2.15. The van der Waals surface area contributed by atoms with Crippen LogP contribution in [0.2, 0.25) is 0 Å². The molecule has 0 N–H and O–H groups in total. The number of pyridine rings is 1. The SMILES string of the molecule is [2H]C([2H])([2H])c1cc(-c2ccccc2)cc(C([2H])([2H])[2H])c1-c1ccc[n+](C)c1-c1ccccc1C. The first kappa shape index (κ1) is 12.3. The maximum absolute atomic E-state index is 8.34. The van der Waals surface area contributed by atoms with Crippen molar-refractivity contribution in [1.29, 1.82) is 0 Å². The van der Waals surface area contributed by atoms with Crippen LogP contribution in [0.15, 0.2) is 85.1 Å². The van der Waals surface area contributed by atoms with Gasteiger partial charge in [0, 0.05) is 19.9 Å². The Labute approximate surface area is 176 Å². The highest BCUT2D eigenvalue weighted by atomic mass is 14.9. The van der Waals surface area contributed by atoms with Crippen molar-refractivity contribution in [2.24, 2.45) is 7.05 Å². The number of benzene rings is 3. The lowest BCUT2D eigenvalue weighted by molar-refractivity contribution is -0.660. The highest BCUT2D eigenvalue weighted by Crippen LogP contribution is 2.37. The molecule has 28 heavy (non-hydrogen) atoms. The largest absolute Gasteiger partial charge is 0.220 e. The van der Waals surface area contributed by atoms with Gasteiger partial charge in [-0.15, -0.1) is 0 Å². The second-order valence-corrected chi connectivity index (χ2v) is 7.01. The van der Waals surface area contributed by atoms with E-state index in [4.69, 9.17) is 8.22 Å². The van der Waals surface area contributed by atoms with E-state index in [1.54, 1.807) is 12.1 Å². The Kier molecular flexibility index (Phi) is 3.27. The van der Waals surface area contributed by atoms with E-state index in [1.165, 1.54) is 0 Å². The van der Waals surface area contributed by atoms with E-state index in [9.17, 15) is 0 Å². The maximum atomic E-state index is 8.34. The predicted octanol–water partition coefficient (Wildman–Crippen LogP) is 6.44. The third-order valence-electron chi connectivity index (χ3n) is 5.10. The topological polar surface area (TPSA) is 3.88 Å². The first-order valence-electron chi connectivity index (χ1n) is 12.3. The van der Waals surface area contributed by atoms with Gasteiger partial charge in [0.25, 0.3) is 0 Å². The Bertz CT molecular complexity index is 1300. The molecule has 0 aliphatic heterocycles. The van der Waals surface area contributed by atoms with Crippen molar-refractivity contribution in [1.82, 2.24) is 0 Å². The average molecular weight is 371 g/mol. The van der Waals surface area contributed by atoms with Gasteiger partial charge in [-0.05, 0) is 66.1 Å². The van der Waals surface area contributed by atoms with Gasteiger partial charge in [-0.3, -0.25) is 0 Å². The van der Waals surface area contributed by atoms with Crippen molar-refractivity contribution in [2.75, 3.05) is 0 Å². The van der Waals surface area contributed by atoms with Crippen LogP contribution in [0.25, 0.3) is 33.5 Å². The van der Waals surface area contributed by atoms with Crippen molar-refractivity contribution in [3.05, 3.63) is 102 Å². The number of hydrogen-bond acceptors (Lipinski definition) is 0. The monoisotopic (exact) mass is 370 g/mol. The minimum Gasteiger partial charge on any atom is -0.200 e. The summed E-state index contributed by atoms with van der Waals surface area (Å²) in [5.74, 6) is 0. The van der Waals surface area contributed by atoms with Crippen LogP contribution in [0.1, 0.15) is 24.9 Å². The Morgan fingerprint density at radius 1 is 0.679 bits per heavy atom. The third kappa shape index (κ3) is 3.25. The molecule has 4 rings (SSSR count). The molecule has 0 aliphatic rings. The second kappa shape index (κ2) is 7.44. The van der Waals surface area contributed by atoms with Gasteiger partial charge < -0.3 is 0 Å². The summed E-state index contributed by atoms with van der Waals surface area (Å²) in [4.78, 5) is 0. The molecular weight excluding hydrogens is 338 g/mol. The van der Waals surface area contributed by atoms with Crippen LogP contribution in [-0.4, -0.2) is 0 Å². The van der Waals surface area contributed by atoms with Crippen LogP contribution < -0.4 is 4.57 Å². The normalized spacial score (nSPS) is 14.9. The number of hydrogen-bond donors (Lipinski definition) is 0. The van der Waals surface area contributed by atoms with E-state index in [-0.39, 0.29) is 16.7 Å². The summed E-state index contributed by atoms with van der Waals surface area (Å²) in [7, 11) is 1.88. The number of rotatable bonds is 3. The number of nitrogens with zero attached hydrogens (tertiary/aromatic N) is 1. The highest BCUT2D eigenvalue weighted by Gasteiger charge is 2.21. The zero-order chi connectivity index (χ0) is 24.7. The molecule has 0 saturated heterocycles. The van der Waals surface area contributed by atoms with Crippen LogP contribution in [0.4, 0.5) is 0 Å². The van der Waals surface area contributed by atoms with E-state index in [2.05, 4.69) is 0 Å². The molecule has 1 nitrogen and oxygen atoms in total. The minimum absolute atomic E-state index is 0.0287. The minimum atomic E-state index is -2.52. The molecule has 138 valence electrons. The zero-order valence-electron chi connectivity index (χ0n) is 22.0. The molecule has 0 amide bonds. The van der Waals surface area contributed by atoms with Gasteiger partial charge in [-0.25, -0.2) is 4.57 Å². The van der Waals surface area contributed by atoms with Gasteiger partial charge in [0.05, 0.1) is 5.56 Å². The molecule has 0 bridgehead atoms. The summed E-state index contributed by atoms with van der Waals surface area (Å²) in [5, 5.41) is 0. The van der Waals surface area contributed by atoms with E-state index in [0.29, 0.717) is 11.1 Å². The average Bonchev–Trinajstić information content (AvgIpc) is 2.78. The summed E-state index contributed by atoms with van der Waals surface area (Å²) in [6, 6.07) is 23.9. The first-order chi connectivity index (χ1) is 16.0. The summed E-state index contributed by atoms with van der Waals surface area (Å²) < 4.78 is 51.9. The van der Waals surface area contributed by atoms with Crippen molar-refractivity contribution in [2.45, 2.75) is 20.6 Å². The predicted molar refractivity (Wildman–Crippen MR) is 118 cm³/mol. The van der Waals surface area contributed by atoms with Crippen molar-refractivity contribution in [3.8, 4) is 33.5 Å². The van der Waals surface area contributed by atoms with Gasteiger partial charge in [0.1, 0.15) is 7.05 Å². The van der Waals surface area contributed by atoms with Crippen LogP contribution in [0, 0.1) is 20.6 Å². The van der Waals surface area contributed by atoms with E-state index >= 15 is 0 Å². The summed E-state index contributed by atoms with van der Waals surface area (Å²) in [6.07, 6.45) is 1.88. The summed E-state index contributed by atoms with van der Waals surface area (Å²) in [5.41, 5.74) is 4.91. The van der Waals surface area contributed by atoms with Gasteiger partial charge in [-0.1, -0.05) is 60.7 Å². The Morgan fingerprint density at radius 3 is 2.00 bits per heavy atom. The lowest BCUT2D eigenvalue weighted by Gasteiger charge is -2.16. The van der Waals surface area contributed by atoms with Crippen molar-refractivity contribution >= 4 is 0 Å². The molecule has 0 spiro atoms. The fourth-order valence-electron chi connectivity index (χ4n) is 3.72. The molecule has 1 heteroatoms. The molecule has 1 aromatic heterocycles. The van der Waals surface area contributed by atoms with E-state index in [1.807, 2.05) is 91.5 Å². The first-order valence-corrected chi connectivity index (χ1v) is 9.28. The molecule has 0 unspecified atom stereocenters. The van der Waals surface area contributed by atoms with Gasteiger partial charge >= 0.3 is 0 Å². The lowest BCUT2D eigenvalue weighted by Crippen LogP contribution is -2.31. The van der Waals surface area contributed by atoms with Crippen LogP contribution in [-0.2, 0) is 7.05 Å². The number of aryl methyl sites for hydroxylation is 4. The number of aromatic nitrogens is 1. The molecule has 0 fully saturated rings. The molecule has 3 aromatic carbocycles. The van der Waals surface area contributed by atoms with Crippen molar-refractivity contribution in [3.63, 3.8) is 0 Å². The van der Waals surface area contributed by atoms with Gasteiger partial charge in [0.15, 0.2) is 6.20 Å². The van der Waals surface area contributed by atoms with Gasteiger partial charge in [0.2, 0.25) is 5.69 Å². The molecule has 4 aromatic rings. The Morgan fingerprint density at radius 2 is 1.32 bits per heavy atom. The molecule has 0 radical (unpaired) electrons. The molecule has 1 heterocycles. The quantitative estimate of drug-likeness (QED) is 0.365. The fourth-order valence-corrected chi connectivity index (χ4v) is 3.72.